The van der Waals surface area contributed by atoms with Crippen LogP contribution in [-0.2, 0) is 21.2 Å². The summed E-state index contributed by atoms with van der Waals surface area (Å²) in [6.45, 7) is 4.20. The Morgan fingerprint density at radius 3 is 2.97 bits per heavy atom. The van der Waals surface area contributed by atoms with Crippen molar-refractivity contribution < 1.29 is 17.7 Å². The highest BCUT2D eigenvalue weighted by Gasteiger charge is 2.35. The topological polar surface area (TPSA) is 118 Å². The highest BCUT2D eigenvalue weighted by molar-refractivity contribution is 7.89. The molecule has 0 unspecified atom stereocenters. The SMILES string of the molecule is CCc1nc(-c2cc(S(=O)(=O)N3CCC[C@H](C(=O)Nc4nccs4)C3)c(C)s2)no1. The fraction of sp³-hybridized carbons (Fsp3) is 0.444. The van der Waals surface area contributed by atoms with Gasteiger partial charge in [-0.25, -0.2) is 13.4 Å². The molecule has 0 aliphatic carbocycles. The van der Waals surface area contributed by atoms with E-state index in [4.69, 9.17) is 4.52 Å². The monoisotopic (exact) mass is 467 g/mol. The molecule has 1 amide bonds. The fourth-order valence-corrected chi connectivity index (χ4v) is 6.88. The molecule has 4 heterocycles. The number of aryl methyl sites for hydroxylation is 2. The zero-order valence-electron chi connectivity index (χ0n) is 16.5. The lowest BCUT2D eigenvalue weighted by Crippen LogP contribution is -2.43. The van der Waals surface area contributed by atoms with Crippen molar-refractivity contribution >= 4 is 43.7 Å². The highest BCUT2D eigenvalue weighted by Crippen LogP contribution is 2.35. The molecule has 1 saturated heterocycles. The van der Waals surface area contributed by atoms with Crippen molar-refractivity contribution in [2.45, 2.75) is 38.0 Å². The molecule has 12 heteroatoms. The summed E-state index contributed by atoms with van der Waals surface area (Å²) in [6.07, 6.45) is 3.48. The third-order valence-corrected chi connectivity index (χ3v) is 8.75. The van der Waals surface area contributed by atoms with Crippen molar-refractivity contribution in [1.82, 2.24) is 19.4 Å². The van der Waals surface area contributed by atoms with Crippen molar-refractivity contribution in [3.05, 3.63) is 28.4 Å². The van der Waals surface area contributed by atoms with Gasteiger partial charge in [-0.15, -0.1) is 22.7 Å². The first kappa shape index (κ1) is 21.1. The summed E-state index contributed by atoms with van der Waals surface area (Å²) in [5.74, 6) is 0.276. The van der Waals surface area contributed by atoms with Gasteiger partial charge in [0.25, 0.3) is 0 Å². The molecule has 1 atom stereocenters. The zero-order valence-corrected chi connectivity index (χ0v) is 18.9. The van der Waals surface area contributed by atoms with Gasteiger partial charge in [-0.3, -0.25) is 4.79 Å². The summed E-state index contributed by atoms with van der Waals surface area (Å²) in [5, 5.41) is 9.00. The van der Waals surface area contributed by atoms with Gasteiger partial charge in [0.05, 0.1) is 15.7 Å². The summed E-state index contributed by atoms with van der Waals surface area (Å²) >= 11 is 2.65. The second kappa shape index (κ2) is 8.53. The number of thiophene rings is 1. The van der Waals surface area contributed by atoms with E-state index < -0.39 is 15.9 Å². The average molecular weight is 468 g/mol. The van der Waals surface area contributed by atoms with E-state index in [1.807, 2.05) is 6.92 Å². The van der Waals surface area contributed by atoms with E-state index in [1.165, 1.54) is 27.0 Å². The van der Waals surface area contributed by atoms with Gasteiger partial charge in [0.15, 0.2) is 5.13 Å². The maximum Gasteiger partial charge on any atom is 0.244 e. The van der Waals surface area contributed by atoms with Crippen LogP contribution in [0.2, 0.25) is 0 Å². The molecule has 3 aromatic heterocycles. The number of sulfonamides is 1. The van der Waals surface area contributed by atoms with E-state index in [-0.39, 0.29) is 17.3 Å². The van der Waals surface area contributed by atoms with E-state index in [0.717, 1.165) is 0 Å². The van der Waals surface area contributed by atoms with E-state index >= 15 is 0 Å². The Morgan fingerprint density at radius 2 is 2.27 bits per heavy atom. The average Bonchev–Trinajstić information content (AvgIpc) is 3.48. The van der Waals surface area contributed by atoms with Crippen LogP contribution in [-0.4, -0.2) is 46.8 Å². The number of nitrogens with one attached hydrogen (secondary N) is 1. The minimum Gasteiger partial charge on any atom is -0.339 e. The lowest BCUT2D eigenvalue weighted by atomic mass is 9.99. The quantitative estimate of drug-likeness (QED) is 0.591. The minimum atomic E-state index is -3.74. The van der Waals surface area contributed by atoms with Crippen LogP contribution in [0.1, 0.15) is 30.5 Å². The van der Waals surface area contributed by atoms with Crippen molar-refractivity contribution in [1.29, 1.82) is 0 Å². The van der Waals surface area contributed by atoms with Crippen molar-refractivity contribution in [3.63, 3.8) is 0 Å². The molecule has 0 spiro atoms. The molecular formula is C18H21N5O4S3. The molecule has 30 heavy (non-hydrogen) atoms. The Morgan fingerprint density at radius 1 is 1.43 bits per heavy atom. The minimum absolute atomic E-state index is 0.145. The van der Waals surface area contributed by atoms with Crippen molar-refractivity contribution in [3.8, 4) is 10.7 Å². The summed E-state index contributed by atoms with van der Waals surface area (Å²) in [5.41, 5.74) is 0. The molecule has 1 aliphatic heterocycles. The molecule has 0 radical (unpaired) electrons. The third-order valence-electron chi connectivity index (χ3n) is 4.90. The van der Waals surface area contributed by atoms with E-state index in [2.05, 4.69) is 20.4 Å². The Bertz CT molecular complexity index is 1140. The summed E-state index contributed by atoms with van der Waals surface area (Å²) < 4.78 is 33.2. The fourth-order valence-electron chi connectivity index (χ4n) is 3.34. The number of nitrogens with zero attached hydrogens (tertiary/aromatic N) is 4. The first-order valence-electron chi connectivity index (χ1n) is 9.52. The third kappa shape index (κ3) is 4.17. The Labute approximate surface area is 182 Å². The van der Waals surface area contributed by atoms with Crippen LogP contribution < -0.4 is 5.32 Å². The van der Waals surface area contributed by atoms with Gasteiger partial charge in [-0.2, -0.15) is 9.29 Å². The Balaban J connectivity index is 1.53. The van der Waals surface area contributed by atoms with Crippen LogP contribution >= 0.6 is 22.7 Å². The number of hydrogen-bond acceptors (Lipinski definition) is 9. The molecule has 4 rings (SSSR count). The highest BCUT2D eigenvalue weighted by atomic mass is 32.2. The second-order valence-corrected chi connectivity index (χ2v) is 11.0. The van der Waals surface area contributed by atoms with Crippen LogP contribution in [0.3, 0.4) is 0 Å². The Hall–Kier alpha value is -2.15. The molecule has 0 aromatic carbocycles. The number of aromatic nitrogens is 3. The van der Waals surface area contributed by atoms with Gasteiger partial charge in [0.2, 0.25) is 27.6 Å². The first-order chi connectivity index (χ1) is 14.4. The molecule has 0 saturated carbocycles. The number of thiazole rings is 1. The molecule has 160 valence electrons. The van der Waals surface area contributed by atoms with Crippen LogP contribution in [0.25, 0.3) is 10.7 Å². The number of hydrogen-bond donors (Lipinski definition) is 1. The second-order valence-electron chi connectivity index (χ2n) is 6.93. The number of piperidine rings is 1. The zero-order chi connectivity index (χ0) is 21.3. The number of carbonyl (C=O) groups is 1. The van der Waals surface area contributed by atoms with Crippen LogP contribution in [0, 0.1) is 12.8 Å². The van der Waals surface area contributed by atoms with E-state index in [9.17, 15) is 13.2 Å². The number of rotatable bonds is 6. The van der Waals surface area contributed by atoms with Gasteiger partial charge in [0, 0.05) is 36.0 Å². The normalized spacial score (nSPS) is 17.9. The predicted molar refractivity (Wildman–Crippen MR) is 114 cm³/mol. The predicted octanol–water partition coefficient (Wildman–Crippen LogP) is 3.16. The smallest absolute Gasteiger partial charge is 0.244 e. The van der Waals surface area contributed by atoms with Crippen LogP contribution in [0.5, 0.6) is 0 Å². The van der Waals surface area contributed by atoms with Gasteiger partial charge in [-0.1, -0.05) is 12.1 Å². The van der Waals surface area contributed by atoms with E-state index in [1.54, 1.807) is 24.6 Å². The largest absolute Gasteiger partial charge is 0.339 e. The summed E-state index contributed by atoms with van der Waals surface area (Å²) in [7, 11) is -3.74. The van der Waals surface area contributed by atoms with Crippen LogP contribution in [0.15, 0.2) is 27.1 Å². The molecule has 0 bridgehead atoms. The van der Waals surface area contributed by atoms with Gasteiger partial charge < -0.3 is 9.84 Å². The molecule has 1 N–H and O–H groups in total. The summed E-state index contributed by atoms with van der Waals surface area (Å²) in [6, 6.07) is 1.60. The number of anilines is 1. The number of amides is 1. The standard InChI is InChI=1S/C18H21N5O4S3/c1-3-15-20-16(22-27-15)13-9-14(11(2)29-13)30(25,26)23-7-4-5-12(10-23)17(24)21-18-19-6-8-28-18/h6,8-9,12H,3-5,7,10H2,1-2H3,(H,19,21,24)/t12-/m0/s1. The lowest BCUT2D eigenvalue weighted by Gasteiger charge is -2.31. The summed E-state index contributed by atoms with van der Waals surface area (Å²) in [4.78, 5) is 22.4. The molecule has 1 aliphatic rings. The lowest BCUT2D eigenvalue weighted by molar-refractivity contribution is -0.120. The van der Waals surface area contributed by atoms with Gasteiger partial charge in [0.1, 0.15) is 0 Å². The number of carbonyl (C=O) groups excluding carboxylic acids is 1. The first-order valence-corrected chi connectivity index (χ1v) is 12.7. The van der Waals surface area contributed by atoms with Gasteiger partial charge >= 0.3 is 0 Å². The van der Waals surface area contributed by atoms with Crippen molar-refractivity contribution in [2.75, 3.05) is 18.4 Å². The van der Waals surface area contributed by atoms with Crippen molar-refractivity contribution in [2.24, 2.45) is 5.92 Å². The molecular weight excluding hydrogens is 446 g/mol. The molecule has 9 nitrogen and oxygen atoms in total. The van der Waals surface area contributed by atoms with Crippen LogP contribution in [0.4, 0.5) is 5.13 Å². The maximum absolute atomic E-state index is 13.3. The maximum atomic E-state index is 13.3. The van der Waals surface area contributed by atoms with Gasteiger partial charge in [-0.05, 0) is 25.8 Å². The molecule has 3 aromatic rings. The Kier molecular flexibility index (Phi) is 6.00. The van der Waals surface area contributed by atoms with E-state index in [0.29, 0.717) is 52.4 Å². The molecule has 1 fully saturated rings.